The fraction of sp³-hybridized carbons (Fsp3) is 0.480. The molecule has 0 bridgehead atoms. The van der Waals surface area contributed by atoms with E-state index in [1.54, 1.807) is 22.5 Å². The predicted molar refractivity (Wildman–Crippen MR) is 136 cm³/mol. The quantitative estimate of drug-likeness (QED) is 0.637. The Labute approximate surface area is 201 Å². The minimum absolute atomic E-state index is 0.0199. The van der Waals surface area contributed by atoms with Crippen LogP contribution in [0.2, 0.25) is 0 Å². The van der Waals surface area contributed by atoms with E-state index in [9.17, 15) is 13.2 Å². The summed E-state index contributed by atoms with van der Waals surface area (Å²) in [5, 5.41) is 2.90. The Kier molecular flexibility index (Phi) is 8.11. The zero-order chi connectivity index (χ0) is 23.3. The molecule has 2 aromatic rings. The first-order valence-corrected chi connectivity index (χ1v) is 14.4. The first-order chi connectivity index (χ1) is 15.9. The van der Waals surface area contributed by atoms with Crippen molar-refractivity contribution in [2.45, 2.75) is 43.5 Å². The molecular formula is C25H33N3O3S2. The highest BCUT2D eigenvalue weighted by atomic mass is 32.2. The summed E-state index contributed by atoms with van der Waals surface area (Å²) < 4.78 is 27.8. The number of amides is 1. The molecule has 2 saturated heterocycles. The summed E-state index contributed by atoms with van der Waals surface area (Å²) in [7, 11) is -3.61. The van der Waals surface area contributed by atoms with Gasteiger partial charge in [0.05, 0.1) is 4.90 Å². The molecule has 33 heavy (non-hydrogen) atoms. The minimum atomic E-state index is -3.61. The van der Waals surface area contributed by atoms with E-state index < -0.39 is 10.0 Å². The van der Waals surface area contributed by atoms with Gasteiger partial charge in [0.1, 0.15) is 0 Å². The van der Waals surface area contributed by atoms with Gasteiger partial charge in [0.15, 0.2) is 0 Å². The summed E-state index contributed by atoms with van der Waals surface area (Å²) in [5.41, 5.74) is 2.29. The summed E-state index contributed by atoms with van der Waals surface area (Å²) in [4.78, 5) is 15.5. The monoisotopic (exact) mass is 487 g/mol. The van der Waals surface area contributed by atoms with Crippen LogP contribution in [0.25, 0.3) is 0 Å². The molecule has 1 unspecified atom stereocenters. The van der Waals surface area contributed by atoms with Gasteiger partial charge in [-0.25, -0.2) is 8.42 Å². The number of rotatable bonds is 7. The molecule has 0 radical (unpaired) electrons. The summed E-state index contributed by atoms with van der Waals surface area (Å²) in [6.45, 7) is 5.85. The van der Waals surface area contributed by atoms with Crippen molar-refractivity contribution in [1.82, 2.24) is 9.21 Å². The van der Waals surface area contributed by atoms with E-state index in [2.05, 4.69) is 10.2 Å². The Balaban J connectivity index is 1.38. The molecule has 2 aliphatic rings. The van der Waals surface area contributed by atoms with E-state index in [4.69, 9.17) is 0 Å². The molecule has 8 heteroatoms. The second kappa shape index (κ2) is 11.0. The lowest BCUT2D eigenvalue weighted by molar-refractivity contribution is 0.102. The smallest absolute Gasteiger partial charge is 0.255 e. The van der Waals surface area contributed by atoms with Gasteiger partial charge in [-0.05, 0) is 62.1 Å². The SMILES string of the molecule is CC1CCCCN1S(=O)(=O)c1cccc(C(=O)Nc2ccc(CCN3CCSCC3)cc2)c1. The molecule has 6 nitrogen and oxygen atoms in total. The van der Waals surface area contributed by atoms with Crippen molar-refractivity contribution in [2.24, 2.45) is 0 Å². The lowest BCUT2D eigenvalue weighted by Crippen LogP contribution is -2.41. The van der Waals surface area contributed by atoms with Crippen molar-refractivity contribution >= 4 is 33.4 Å². The molecule has 178 valence electrons. The van der Waals surface area contributed by atoms with E-state index in [1.807, 2.05) is 43.0 Å². The minimum Gasteiger partial charge on any atom is -0.322 e. The van der Waals surface area contributed by atoms with E-state index >= 15 is 0 Å². The van der Waals surface area contributed by atoms with Crippen LogP contribution < -0.4 is 5.32 Å². The van der Waals surface area contributed by atoms with Crippen LogP contribution in [-0.4, -0.2) is 67.3 Å². The van der Waals surface area contributed by atoms with Crippen molar-refractivity contribution in [3.05, 3.63) is 59.7 Å². The Bertz CT molecular complexity index is 1050. The van der Waals surface area contributed by atoms with Crippen LogP contribution in [0.4, 0.5) is 5.69 Å². The fourth-order valence-corrected chi connectivity index (χ4v) is 7.16. The third-order valence-electron chi connectivity index (χ3n) is 6.48. The summed E-state index contributed by atoms with van der Waals surface area (Å²) in [5.74, 6) is 2.12. The Morgan fingerprint density at radius 3 is 2.55 bits per heavy atom. The van der Waals surface area contributed by atoms with Crippen LogP contribution in [-0.2, 0) is 16.4 Å². The molecule has 1 amide bonds. The Morgan fingerprint density at radius 1 is 1.06 bits per heavy atom. The number of piperidine rings is 1. The molecule has 1 atom stereocenters. The molecule has 0 saturated carbocycles. The summed E-state index contributed by atoms with van der Waals surface area (Å²) in [6.07, 6.45) is 3.78. The van der Waals surface area contributed by atoms with Crippen molar-refractivity contribution in [1.29, 1.82) is 0 Å². The maximum absolute atomic E-state index is 13.1. The molecule has 0 spiro atoms. The van der Waals surface area contributed by atoms with Gasteiger partial charge in [0.2, 0.25) is 10.0 Å². The Morgan fingerprint density at radius 2 is 1.82 bits per heavy atom. The first kappa shape index (κ1) is 24.3. The third kappa shape index (κ3) is 6.18. The van der Waals surface area contributed by atoms with Crippen LogP contribution in [0, 0.1) is 0 Å². The molecule has 2 heterocycles. The van der Waals surface area contributed by atoms with Gasteiger partial charge in [-0.2, -0.15) is 16.1 Å². The molecule has 2 aliphatic heterocycles. The van der Waals surface area contributed by atoms with Crippen molar-refractivity contribution in [2.75, 3.05) is 43.0 Å². The number of carbonyl (C=O) groups excluding carboxylic acids is 1. The first-order valence-electron chi connectivity index (χ1n) is 11.8. The molecule has 4 rings (SSSR count). The number of anilines is 1. The van der Waals surface area contributed by atoms with Crippen LogP contribution in [0.15, 0.2) is 53.4 Å². The van der Waals surface area contributed by atoms with Crippen molar-refractivity contribution in [3.63, 3.8) is 0 Å². The average molecular weight is 488 g/mol. The van der Waals surface area contributed by atoms with Crippen LogP contribution in [0.5, 0.6) is 0 Å². The van der Waals surface area contributed by atoms with Gasteiger partial charge in [0.25, 0.3) is 5.91 Å². The van der Waals surface area contributed by atoms with Crippen molar-refractivity contribution in [3.8, 4) is 0 Å². The standard InChI is InChI=1S/C25H33N3O3S2/c1-20-5-2-3-13-28(20)33(30,31)24-7-4-6-22(19-24)25(29)26-23-10-8-21(9-11-23)12-14-27-15-17-32-18-16-27/h4,6-11,19-20H,2-3,5,12-18H2,1H3,(H,26,29). The molecule has 1 N–H and O–H groups in total. The number of hydrogen-bond acceptors (Lipinski definition) is 5. The third-order valence-corrected chi connectivity index (χ3v) is 9.43. The number of nitrogens with zero attached hydrogens (tertiary/aromatic N) is 2. The number of carbonyl (C=O) groups is 1. The second-order valence-electron chi connectivity index (χ2n) is 8.84. The second-order valence-corrected chi connectivity index (χ2v) is 12.0. The van der Waals surface area contributed by atoms with E-state index in [0.29, 0.717) is 17.8 Å². The number of sulfonamides is 1. The topological polar surface area (TPSA) is 69.7 Å². The molecule has 0 aliphatic carbocycles. The van der Waals surface area contributed by atoms with Gasteiger partial charge < -0.3 is 10.2 Å². The predicted octanol–water partition coefficient (Wildman–Crippen LogP) is 4.09. The summed E-state index contributed by atoms with van der Waals surface area (Å²) in [6, 6.07) is 14.2. The lowest BCUT2D eigenvalue weighted by atomic mass is 10.1. The average Bonchev–Trinajstić information content (AvgIpc) is 2.84. The van der Waals surface area contributed by atoms with Gasteiger partial charge in [0, 0.05) is 55.0 Å². The van der Waals surface area contributed by atoms with Crippen molar-refractivity contribution < 1.29 is 13.2 Å². The summed E-state index contributed by atoms with van der Waals surface area (Å²) >= 11 is 2.02. The normalized spacial score (nSPS) is 20.5. The largest absolute Gasteiger partial charge is 0.322 e. The van der Waals surface area contributed by atoms with Gasteiger partial charge in [-0.15, -0.1) is 0 Å². The maximum Gasteiger partial charge on any atom is 0.255 e. The highest BCUT2D eigenvalue weighted by Gasteiger charge is 2.31. The molecule has 0 aromatic heterocycles. The zero-order valence-electron chi connectivity index (χ0n) is 19.2. The van der Waals surface area contributed by atoms with Gasteiger partial charge in [-0.1, -0.05) is 24.6 Å². The lowest BCUT2D eigenvalue weighted by Gasteiger charge is -2.32. The maximum atomic E-state index is 13.1. The number of thioether (sulfide) groups is 1. The van der Waals surface area contributed by atoms with E-state index in [0.717, 1.165) is 45.3 Å². The van der Waals surface area contributed by atoms with E-state index in [-0.39, 0.29) is 16.8 Å². The molecule has 2 fully saturated rings. The van der Waals surface area contributed by atoms with Crippen LogP contribution in [0.1, 0.15) is 42.1 Å². The number of benzene rings is 2. The molecular weight excluding hydrogens is 454 g/mol. The number of hydrogen-bond donors (Lipinski definition) is 1. The van der Waals surface area contributed by atoms with E-state index in [1.165, 1.54) is 23.1 Å². The highest BCUT2D eigenvalue weighted by Crippen LogP contribution is 2.26. The molecule has 2 aromatic carbocycles. The van der Waals surface area contributed by atoms with Crippen LogP contribution >= 0.6 is 11.8 Å². The van der Waals surface area contributed by atoms with Gasteiger partial charge >= 0.3 is 0 Å². The zero-order valence-corrected chi connectivity index (χ0v) is 20.8. The fourth-order valence-electron chi connectivity index (χ4n) is 4.43. The van der Waals surface area contributed by atoms with Crippen LogP contribution in [0.3, 0.4) is 0 Å². The van der Waals surface area contributed by atoms with Gasteiger partial charge in [-0.3, -0.25) is 4.79 Å². The highest BCUT2D eigenvalue weighted by molar-refractivity contribution is 7.99. The number of nitrogens with one attached hydrogen (secondary N) is 1. The Hall–Kier alpha value is -1.87.